The summed E-state index contributed by atoms with van der Waals surface area (Å²) < 4.78 is 15.4. The van der Waals surface area contributed by atoms with Crippen LogP contribution in [0.3, 0.4) is 0 Å². The number of hydrogen-bond acceptors (Lipinski definition) is 4. The minimum atomic E-state index is -5.90. The third-order valence-electron chi connectivity index (χ3n) is 6.63. The van der Waals surface area contributed by atoms with Crippen molar-refractivity contribution in [3.8, 4) is 0 Å². The third kappa shape index (κ3) is 5.94. The van der Waals surface area contributed by atoms with Crippen LogP contribution in [0.2, 0.25) is 0 Å². The van der Waals surface area contributed by atoms with Crippen LogP contribution in [0.1, 0.15) is 11.1 Å². The van der Waals surface area contributed by atoms with Crippen molar-refractivity contribution in [3.05, 3.63) is 175 Å². The van der Waals surface area contributed by atoms with Crippen molar-refractivity contribution in [2.45, 2.75) is 0 Å². The maximum absolute atomic E-state index is 13.9. The Morgan fingerprint density at radius 2 is 0.683 bits per heavy atom. The predicted molar refractivity (Wildman–Crippen MR) is 167 cm³/mol. The second kappa shape index (κ2) is 12.7. The molecule has 0 unspecified atom stereocenters. The fourth-order valence-electron chi connectivity index (χ4n) is 4.74. The van der Waals surface area contributed by atoms with Gasteiger partial charge in [0.05, 0.1) is 0 Å². The second-order valence-corrected chi connectivity index (χ2v) is 20.2. The van der Waals surface area contributed by atoms with Gasteiger partial charge in [0, 0.05) is 0 Å². The fraction of sp³-hybridized carbons (Fsp3) is 0. The molecule has 4 nitrogen and oxygen atoms in total. The van der Waals surface area contributed by atoms with E-state index in [0.29, 0.717) is 10.5 Å². The molecule has 0 radical (unpaired) electrons. The standard InChI is InChI=1S/2C9H8O2.3C6H5.Sb/c2*10-9(11)7-6-8-4-2-1-3-5-8;3*1-2-4-6-5-3-1;/h2*1-7H,(H,10,11);3*1-5H;/q;;;;;+2/p-2. The van der Waals surface area contributed by atoms with Gasteiger partial charge in [0.2, 0.25) is 0 Å². The van der Waals surface area contributed by atoms with Gasteiger partial charge in [0.1, 0.15) is 0 Å². The zero-order chi connectivity index (χ0) is 28.4. The molecular weight excluding hydrogens is 618 g/mol. The molecule has 0 heterocycles. The zero-order valence-corrected chi connectivity index (χ0v) is 24.9. The summed E-state index contributed by atoms with van der Waals surface area (Å²) in [5.41, 5.74) is 1.69. The van der Waals surface area contributed by atoms with Crippen molar-refractivity contribution in [3.63, 3.8) is 0 Å². The molecule has 0 amide bonds. The SMILES string of the molecule is O=C(C=Cc1ccccc1)[O][Sb]([O]C(=O)C=Cc1ccccc1)([c]1ccccc1)([c]1ccccc1)[c]1ccccc1. The second-order valence-electron chi connectivity index (χ2n) is 9.27. The van der Waals surface area contributed by atoms with Gasteiger partial charge in [-0.2, -0.15) is 0 Å². The van der Waals surface area contributed by atoms with Crippen molar-refractivity contribution in [1.29, 1.82) is 0 Å². The van der Waals surface area contributed by atoms with Crippen LogP contribution in [0, 0.1) is 0 Å². The summed E-state index contributed by atoms with van der Waals surface area (Å²) in [5.74, 6) is -1.21. The first-order valence-corrected chi connectivity index (χ1v) is 19.1. The Hall–Kier alpha value is -4.66. The first-order valence-electron chi connectivity index (χ1n) is 13.2. The van der Waals surface area contributed by atoms with Gasteiger partial charge in [0.25, 0.3) is 0 Å². The Kier molecular flexibility index (Phi) is 8.62. The van der Waals surface area contributed by atoms with Crippen molar-refractivity contribution in [1.82, 2.24) is 0 Å². The molecule has 5 aromatic carbocycles. The van der Waals surface area contributed by atoms with Crippen molar-refractivity contribution in [2.75, 3.05) is 0 Å². The van der Waals surface area contributed by atoms with E-state index < -0.39 is 30.2 Å². The maximum atomic E-state index is 13.9. The van der Waals surface area contributed by atoms with Gasteiger partial charge >= 0.3 is 243 Å². The molecule has 5 aromatic rings. The molecule has 0 aliphatic carbocycles. The number of benzene rings is 5. The van der Waals surface area contributed by atoms with Gasteiger partial charge in [-0.05, 0) is 0 Å². The Morgan fingerprint density at radius 3 is 0.976 bits per heavy atom. The molecule has 0 saturated heterocycles. The van der Waals surface area contributed by atoms with E-state index in [1.54, 1.807) is 12.2 Å². The summed E-state index contributed by atoms with van der Waals surface area (Å²) in [6.45, 7) is 0. The molecule has 5 rings (SSSR count). The molecule has 41 heavy (non-hydrogen) atoms. The summed E-state index contributed by atoms with van der Waals surface area (Å²) in [5, 5.41) is 0. The van der Waals surface area contributed by atoms with E-state index in [4.69, 9.17) is 6.03 Å². The Bertz CT molecular complexity index is 1480. The van der Waals surface area contributed by atoms with Gasteiger partial charge in [-0.3, -0.25) is 0 Å². The first kappa shape index (κ1) is 27.9. The molecule has 0 N–H and O–H groups in total. The molecule has 0 bridgehead atoms. The molecule has 0 atom stereocenters. The van der Waals surface area contributed by atoms with Crippen molar-refractivity contribution in [2.24, 2.45) is 0 Å². The average Bonchev–Trinajstić information content (AvgIpc) is 3.05. The Labute approximate surface area is 242 Å². The summed E-state index contributed by atoms with van der Waals surface area (Å²) in [4.78, 5) is 27.7. The van der Waals surface area contributed by atoms with Crippen molar-refractivity contribution >= 4 is 52.9 Å². The molecular formula is C36H29O4Sb. The van der Waals surface area contributed by atoms with Crippen LogP contribution in [0.15, 0.2) is 164 Å². The first-order chi connectivity index (χ1) is 20.1. The molecule has 202 valence electrons. The fourth-order valence-corrected chi connectivity index (χ4v) is 17.6. The van der Waals surface area contributed by atoms with Gasteiger partial charge < -0.3 is 0 Å². The molecule has 0 spiro atoms. The van der Waals surface area contributed by atoms with E-state index in [1.165, 1.54) is 12.2 Å². The van der Waals surface area contributed by atoms with Crippen LogP contribution in [0.5, 0.6) is 0 Å². The van der Waals surface area contributed by atoms with E-state index in [0.717, 1.165) is 11.1 Å². The summed E-state index contributed by atoms with van der Waals surface area (Å²) in [6.07, 6.45) is 6.18. The van der Waals surface area contributed by atoms with Crippen LogP contribution in [-0.2, 0) is 15.6 Å². The molecule has 0 fully saturated rings. The molecule has 5 heteroatoms. The Morgan fingerprint density at radius 1 is 0.415 bits per heavy atom. The minimum absolute atomic E-state index is 0.605. The van der Waals surface area contributed by atoms with Crippen molar-refractivity contribution < 1.29 is 15.6 Å². The third-order valence-corrected chi connectivity index (χ3v) is 20.2. The van der Waals surface area contributed by atoms with Crippen LogP contribution in [0.25, 0.3) is 12.2 Å². The summed E-state index contributed by atoms with van der Waals surface area (Å²) in [7, 11) is 0. The molecule has 0 aromatic heterocycles. The summed E-state index contributed by atoms with van der Waals surface area (Å²) >= 11 is -5.90. The molecule has 0 aliphatic rings. The molecule has 0 saturated carbocycles. The predicted octanol–water partition coefficient (Wildman–Crippen LogP) is 5.62. The van der Waals surface area contributed by atoms with Gasteiger partial charge in [-0.25, -0.2) is 0 Å². The van der Waals surface area contributed by atoms with Gasteiger partial charge in [-0.15, -0.1) is 0 Å². The Balaban J connectivity index is 1.74. The zero-order valence-electron chi connectivity index (χ0n) is 22.3. The monoisotopic (exact) mass is 646 g/mol. The van der Waals surface area contributed by atoms with Crippen LogP contribution in [0.4, 0.5) is 0 Å². The van der Waals surface area contributed by atoms with Gasteiger partial charge in [0.15, 0.2) is 0 Å². The number of rotatable bonds is 9. The van der Waals surface area contributed by atoms with E-state index in [9.17, 15) is 9.59 Å². The topological polar surface area (TPSA) is 52.6 Å². The van der Waals surface area contributed by atoms with E-state index >= 15 is 0 Å². The van der Waals surface area contributed by atoms with Crippen LogP contribution >= 0.6 is 0 Å². The van der Waals surface area contributed by atoms with E-state index in [2.05, 4.69) is 0 Å². The summed E-state index contributed by atoms with van der Waals surface area (Å²) in [6, 6.07) is 47.1. The number of carbonyl (C=O) groups excluding carboxylic acids is 2. The number of carbonyl (C=O) groups is 2. The van der Waals surface area contributed by atoms with Gasteiger partial charge in [-0.1, -0.05) is 0 Å². The van der Waals surface area contributed by atoms with Crippen LogP contribution in [-0.4, -0.2) is 30.2 Å². The van der Waals surface area contributed by atoms with E-state index in [-0.39, 0.29) is 0 Å². The normalized spacial score (nSPS) is 12.4. The average molecular weight is 647 g/mol. The number of hydrogen-bond donors (Lipinski definition) is 0. The molecule has 0 aliphatic heterocycles. The quantitative estimate of drug-likeness (QED) is 0.154. The van der Waals surface area contributed by atoms with Crippen LogP contribution < -0.4 is 10.5 Å². The van der Waals surface area contributed by atoms with E-state index in [1.807, 2.05) is 152 Å².